The highest BCUT2D eigenvalue weighted by Crippen LogP contribution is 2.14. The molecular formula is C12H13BO3. The number of fused-ring (bicyclic) bond motifs is 1. The molecule has 0 amide bonds. The van der Waals surface area contributed by atoms with Crippen LogP contribution in [-0.2, 0) is 4.79 Å². The van der Waals surface area contributed by atoms with E-state index in [1.807, 2.05) is 31.9 Å². The summed E-state index contributed by atoms with van der Waals surface area (Å²) in [5.74, 6) is 0. The molecule has 16 heavy (non-hydrogen) atoms. The number of hydrogen-bond acceptors (Lipinski definition) is 3. The van der Waals surface area contributed by atoms with E-state index in [0.717, 1.165) is 10.8 Å². The van der Waals surface area contributed by atoms with Crippen LogP contribution in [0.15, 0.2) is 36.4 Å². The van der Waals surface area contributed by atoms with Crippen molar-refractivity contribution >= 4 is 30.1 Å². The molecule has 0 atom stereocenters. The smallest absolute Gasteiger partial charge is 0.423 e. The molecule has 0 aliphatic rings. The average molecular weight is 216 g/mol. The summed E-state index contributed by atoms with van der Waals surface area (Å²) in [5, 5.41) is 20.1. The highest BCUT2D eigenvalue weighted by Gasteiger charge is 2.10. The van der Waals surface area contributed by atoms with E-state index in [2.05, 4.69) is 6.07 Å². The molecule has 2 rings (SSSR count). The minimum absolute atomic E-state index is 0.529. The van der Waals surface area contributed by atoms with Gasteiger partial charge in [-0.1, -0.05) is 42.0 Å². The maximum absolute atomic E-state index is 8.99. The summed E-state index contributed by atoms with van der Waals surface area (Å²) >= 11 is 0. The molecule has 0 spiro atoms. The van der Waals surface area contributed by atoms with E-state index in [9.17, 15) is 0 Å². The van der Waals surface area contributed by atoms with Gasteiger partial charge in [0.05, 0.1) is 0 Å². The zero-order chi connectivity index (χ0) is 12.1. The normalized spacial score (nSPS) is 9.44. The first-order valence-corrected chi connectivity index (χ1v) is 4.82. The van der Waals surface area contributed by atoms with Crippen molar-refractivity contribution in [3.8, 4) is 0 Å². The average Bonchev–Trinajstić information content (AvgIpc) is 2.30. The lowest BCUT2D eigenvalue weighted by molar-refractivity contribution is -0.0979. The van der Waals surface area contributed by atoms with Crippen LogP contribution in [-0.4, -0.2) is 24.0 Å². The van der Waals surface area contributed by atoms with Gasteiger partial charge < -0.3 is 14.8 Å². The lowest BCUT2D eigenvalue weighted by Crippen LogP contribution is -2.29. The van der Waals surface area contributed by atoms with Crippen molar-refractivity contribution in [2.75, 3.05) is 0 Å². The van der Waals surface area contributed by atoms with Crippen LogP contribution in [0.1, 0.15) is 5.56 Å². The lowest BCUT2D eigenvalue weighted by atomic mass is 9.79. The van der Waals surface area contributed by atoms with Gasteiger partial charge in [-0.2, -0.15) is 0 Å². The number of rotatable bonds is 1. The molecule has 0 aliphatic carbocycles. The predicted molar refractivity (Wildman–Crippen MR) is 65.6 cm³/mol. The van der Waals surface area contributed by atoms with Gasteiger partial charge in [-0.25, -0.2) is 0 Å². The van der Waals surface area contributed by atoms with Gasteiger partial charge in [0.15, 0.2) is 0 Å². The molecule has 2 aromatic rings. The summed E-state index contributed by atoms with van der Waals surface area (Å²) in [5.41, 5.74) is 1.73. The zero-order valence-corrected chi connectivity index (χ0v) is 9.05. The first-order valence-electron chi connectivity index (χ1n) is 4.82. The third-order valence-electron chi connectivity index (χ3n) is 2.32. The van der Waals surface area contributed by atoms with E-state index >= 15 is 0 Å². The second-order valence-corrected chi connectivity index (χ2v) is 3.48. The second kappa shape index (κ2) is 5.44. The lowest BCUT2D eigenvalue weighted by Gasteiger charge is -2.03. The molecule has 0 radical (unpaired) electrons. The molecule has 0 fully saturated rings. The van der Waals surface area contributed by atoms with E-state index < -0.39 is 7.12 Å². The third kappa shape index (κ3) is 2.69. The van der Waals surface area contributed by atoms with Crippen molar-refractivity contribution in [2.45, 2.75) is 6.92 Å². The van der Waals surface area contributed by atoms with Crippen molar-refractivity contribution < 1.29 is 14.8 Å². The van der Waals surface area contributed by atoms with Gasteiger partial charge in [0.25, 0.3) is 0 Å². The second-order valence-electron chi connectivity index (χ2n) is 3.48. The van der Waals surface area contributed by atoms with Crippen LogP contribution in [0, 0.1) is 6.92 Å². The van der Waals surface area contributed by atoms with Crippen LogP contribution in [0.5, 0.6) is 0 Å². The maximum atomic E-state index is 8.99. The van der Waals surface area contributed by atoms with Crippen molar-refractivity contribution in [3.63, 3.8) is 0 Å². The summed E-state index contributed by atoms with van der Waals surface area (Å²) in [7, 11) is -1.39. The van der Waals surface area contributed by atoms with Crippen molar-refractivity contribution in [1.29, 1.82) is 0 Å². The molecule has 4 heteroatoms. The Morgan fingerprint density at radius 3 is 2.19 bits per heavy atom. The van der Waals surface area contributed by atoms with E-state index in [1.165, 1.54) is 5.56 Å². The molecule has 0 saturated heterocycles. The fourth-order valence-corrected chi connectivity index (χ4v) is 1.54. The van der Waals surface area contributed by atoms with Gasteiger partial charge in [0, 0.05) is 0 Å². The molecule has 0 bridgehead atoms. The highest BCUT2D eigenvalue weighted by atomic mass is 16.4. The fraction of sp³-hybridized carbons (Fsp3) is 0.0833. The Hall–Kier alpha value is -1.65. The predicted octanol–water partition coefficient (Wildman–Crippen LogP) is 0.643. The van der Waals surface area contributed by atoms with Crippen LogP contribution in [0.25, 0.3) is 10.8 Å². The van der Waals surface area contributed by atoms with Crippen LogP contribution >= 0.6 is 0 Å². The van der Waals surface area contributed by atoms with Crippen molar-refractivity contribution in [1.82, 2.24) is 0 Å². The fourth-order valence-electron chi connectivity index (χ4n) is 1.54. The van der Waals surface area contributed by atoms with E-state index in [0.29, 0.717) is 5.46 Å². The summed E-state index contributed by atoms with van der Waals surface area (Å²) < 4.78 is 0. The number of carbonyl (C=O) groups excluding carboxylic acids is 1. The van der Waals surface area contributed by atoms with Gasteiger partial charge >= 0.3 is 7.12 Å². The van der Waals surface area contributed by atoms with E-state index in [1.54, 1.807) is 12.1 Å². The molecule has 0 aromatic heterocycles. The van der Waals surface area contributed by atoms with Crippen LogP contribution in [0.2, 0.25) is 0 Å². The Labute approximate surface area is 94.5 Å². The molecule has 3 nitrogen and oxygen atoms in total. The van der Waals surface area contributed by atoms with Gasteiger partial charge in [0.1, 0.15) is 6.79 Å². The summed E-state index contributed by atoms with van der Waals surface area (Å²) in [6, 6.07) is 11.5. The topological polar surface area (TPSA) is 57.5 Å². The Morgan fingerprint density at radius 1 is 1.00 bits per heavy atom. The molecule has 0 saturated carbocycles. The number of aryl methyl sites for hydroxylation is 1. The van der Waals surface area contributed by atoms with E-state index in [4.69, 9.17) is 14.8 Å². The maximum Gasteiger partial charge on any atom is 0.488 e. The minimum atomic E-state index is -1.39. The summed E-state index contributed by atoms with van der Waals surface area (Å²) in [6.45, 7) is 4.04. The first kappa shape index (κ1) is 12.4. The molecular weight excluding hydrogens is 203 g/mol. The molecule has 2 aromatic carbocycles. The number of hydrogen-bond donors (Lipinski definition) is 2. The van der Waals surface area contributed by atoms with Crippen molar-refractivity contribution in [2.24, 2.45) is 0 Å². The molecule has 0 aliphatic heterocycles. The van der Waals surface area contributed by atoms with Crippen LogP contribution in [0.4, 0.5) is 0 Å². The number of carbonyl (C=O) groups is 1. The monoisotopic (exact) mass is 216 g/mol. The summed E-state index contributed by atoms with van der Waals surface area (Å²) in [4.78, 5) is 8.00. The third-order valence-corrected chi connectivity index (χ3v) is 2.32. The molecule has 0 unspecified atom stereocenters. The van der Waals surface area contributed by atoms with Crippen LogP contribution in [0.3, 0.4) is 0 Å². The molecule has 0 heterocycles. The van der Waals surface area contributed by atoms with Crippen molar-refractivity contribution in [3.05, 3.63) is 42.0 Å². The SMILES string of the molecule is C=O.Cc1ccc2cc(B(O)O)ccc2c1. The van der Waals surface area contributed by atoms with Gasteiger partial charge in [-0.3, -0.25) is 0 Å². The van der Waals surface area contributed by atoms with Gasteiger partial charge in [-0.15, -0.1) is 0 Å². The molecule has 2 N–H and O–H groups in total. The highest BCUT2D eigenvalue weighted by molar-refractivity contribution is 6.58. The van der Waals surface area contributed by atoms with E-state index in [-0.39, 0.29) is 0 Å². The Morgan fingerprint density at radius 2 is 1.56 bits per heavy atom. The van der Waals surface area contributed by atoms with Crippen LogP contribution < -0.4 is 5.46 Å². The largest absolute Gasteiger partial charge is 0.488 e. The Kier molecular flexibility index (Phi) is 4.23. The van der Waals surface area contributed by atoms with Gasteiger partial charge in [0.2, 0.25) is 0 Å². The standard InChI is InChI=1S/C11H11BO2.CH2O/c1-8-2-3-10-7-11(12(13)14)5-4-9(10)6-8;1-2/h2-7,13-14H,1H3;1H2. The first-order chi connectivity index (χ1) is 7.66. The summed E-state index contributed by atoms with van der Waals surface area (Å²) in [6.07, 6.45) is 0. The Balaban J connectivity index is 0.000000606. The van der Waals surface area contributed by atoms with Gasteiger partial charge in [-0.05, 0) is 23.2 Å². The number of benzene rings is 2. The zero-order valence-electron chi connectivity index (χ0n) is 9.05. The molecule has 82 valence electrons. The quantitative estimate of drug-likeness (QED) is 0.688. The Bertz CT molecular complexity index is 483. The minimum Gasteiger partial charge on any atom is -0.423 e.